The molecule has 3 nitrogen and oxygen atoms in total. The summed E-state index contributed by atoms with van der Waals surface area (Å²) in [5, 5.41) is 0. The monoisotopic (exact) mass is 222 g/mol. The highest BCUT2D eigenvalue weighted by atomic mass is 16.5. The van der Waals surface area contributed by atoms with Crippen LogP contribution in [0.15, 0.2) is 6.07 Å². The van der Waals surface area contributed by atoms with E-state index in [1.54, 1.807) is 7.11 Å². The molecule has 0 fully saturated rings. The zero-order valence-corrected chi connectivity index (χ0v) is 10.8. The number of rotatable bonds is 3. The van der Waals surface area contributed by atoms with Crippen LogP contribution < -0.4 is 16.2 Å². The van der Waals surface area contributed by atoms with Gasteiger partial charge in [0, 0.05) is 12.1 Å². The molecule has 3 heteroatoms. The first-order chi connectivity index (χ1) is 7.35. The summed E-state index contributed by atoms with van der Waals surface area (Å²) in [5.41, 5.74) is 15.9. The van der Waals surface area contributed by atoms with E-state index in [4.69, 9.17) is 16.2 Å². The summed E-state index contributed by atoms with van der Waals surface area (Å²) in [6.07, 6.45) is 0. The molecule has 0 saturated carbocycles. The number of hydrogen-bond donors (Lipinski definition) is 2. The zero-order valence-electron chi connectivity index (χ0n) is 10.8. The minimum atomic E-state index is -0.548. The standard InChI is InChI=1S/C13H22N2O/c1-8-6-9(2)11(13(4,15)7-14)12(16-5)10(8)3/h6H,7,14-15H2,1-5H3. The topological polar surface area (TPSA) is 61.3 Å². The normalized spacial score (nSPS) is 14.7. The summed E-state index contributed by atoms with van der Waals surface area (Å²) < 4.78 is 5.49. The molecule has 1 aromatic carbocycles. The molecule has 1 atom stereocenters. The lowest BCUT2D eigenvalue weighted by molar-refractivity contribution is 0.385. The van der Waals surface area contributed by atoms with Gasteiger partial charge < -0.3 is 16.2 Å². The second-order valence-corrected chi connectivity index (χ2v) is 4.67. The highest BCUT2D eigenvalue weighted by Crippen LogP contribution is 2.35. The Hall–Kier alpha value is -1.06. The first-order valence-electron chi connectivity index (χ1n) is 5.49. The molecule has 0 aliphatic rings. The number of hydrogen-bond acceptors (Lipinski definition) is 3. The molecule has 4 N–H and O–H groups in total. The van der Waals surface area contributed by atoms with Gasteiger partial charge in [0.05, 0.1) is 12.6 Å². The number of nitrogens with two attached hydrogens (primary N) is 2. The highest BCUT2D eigenvalue weighted by molar-refractivity contribution is 5.52. The van der Waals surface area contributed by atoms with Crippen LogP contribution in [0.25, 0.3) is 0 Å². The van der Waals surface area contributed by atoms with Crippen LogP contribution in [0.2, 0.25) is 0 Å². The molecule has 0 aliphatic heterocycles. The lowest BCUT2D eigenvalue weighted by atomic mass is 9.86. The van der Waals surface area contributed by atoms with Crippen LogP contribution in [0.4, 0.5) is 0 Å². The van der Waals surface area contributed by atoms with Crippen LogP contribution in [0.1, 0.15) is 29.2 Å². The lowest BCUT2D eigenvalue weighted by Crippen LogP contribution is -2.42. The van der Waals surface area contributed by atoms with Gasteiger partial charge in [-0.2, -0.15) is 0 Å². The van der Waals surface area contributed by atoms with Crippen molar-refractivity contribution >= 4 is 0 Å². The third-order valence-electron chi connectivity index (χ3n) is 3.19. The van der Waals surface area contributed by atoms with Crippen molar-refractivity contribution in [2.75, 3.05) is 13.7 Å². The molecule has 1 unspecified atom stereocenters. The van der Waals surface area contributed by atoms with E-state index in [0.717, 1.165) is 22.4 Å². The fourth-order valence-corrected chi connectivity index (χ4v) is 2.12. The van der Waals surface area contributed by atoms with Gasteiger partial charge in [0.25, 0.3) is 0 Å². The number of aryl methyl sites for hydroxylation is 2. The van der Waals surface area contributed by atoms with E-state index in [-0.39, 0.29) is 0 Å². The Morgan fingerprint density at radius 3 is 2.25 bits per heavy atom. The molecule has 90 valence electrons. The van der Waals surface area contributed by atoms with Gasteiger partial charge in [-0.1, -0.05) is 6.07 Å². The Bertz CT molecular complexity index is 397. The average molecular weight is 222 g/mol. The maximum absolute atomic E-state index is 6.23. The fraction of sp³-hybridized carbons (Fsp3) is 0.538. The van der Waals surface area contributed by atoms with Gasteiger partial charge >= 0.3 is 0 Å². The van der Waals surface area contributed by atoms with Crippen molar-refractivity contribution < 1.29 is 4.74 Å². The smallest absolute Gasteiger partial charge is 0.127 e. The summed E-state index contributed by atoms with van der Waals surface area (Å²) in [6.45, 7) is 8.50. The summed E-state index contributed by atoms with van der Waals surface area (Å²) in [5.74, 6) is 0.868. The zero-order chi connectivity index (χ0) is 12.5. The van der Waals surface area contributed by atoms with Crippen molar-refractivity contribution in [3.8, 4) is 5.75 Å². The van der Waals surface area contributed by atoms with Gasteiger partial charge in [-0.05, 0) is 44.4 Å². The molecule has 1 aromatic rings. The van der Waals surface area contributed by atoms with Crippen LogP contribution in [0.5, 0.6) is 5.75 Å². The van der Waals surface area contributed by atoms with Crippen molar-refractivity contribution in [1.29, 1.82) is 0 Å². The van der Waals surface area contributed by atoms with Gasteiger partial charge in [-0.3, -0.25) is 0 Å². The Balaban J connectivity index is 3.55. The highest BCUT2D eigenvalue weighted by Gasteiger charge is 2.27. The maximum atomic E-state index is 6.23. The van der Waals surface area contributed by atoms with Crippen molar-refractivity contribution in [3.05, 3.63) is 28.3 Å². The second kappa shape index (κ2) is 4.44. The number of ether oxygens (including phenoxy) is 1. The Morgan fingerprint density at radius 2 is 1.81 bits per heavy atom. The lowest BCUT2D eigenvalue weighted by Gasteiger charge is -2.29. The van der Waals surface area contributed by atoms with Gasteiger partial charge in [0.2, 0.25) is 0 Å². The molecule has 1 rings (SSSR count). The predicted molar refractivity (Wildman–Crippen MR) is 67.8 cm³/mol. The average Bonchev–Trinajstić information content (AvgIpc) is 2.22. The van der Waals surface area contributed by atoms with E-state index < -0.39 is 5.54 Å². The molecule has 0 aliphatic carbocycles. The van der Waals surface area contributed by atoms with Crippen molar-refractivity contribution in [2.24, 2.45) is 11.5 Å². The quantitative estimate of drug-likeness (QED) is 0.819. The van der Waals surface area contributed by atoms with E-state index in [2.05, 4.69) is 13.0 Å². The minimum absolute atomic E-state index is 0.396. The summed E-state index contributed by atoms with van der Waals surface area (Å²) in [4.78, 5) is 0. The Kier molecular flexibility index (Phi) is 3.61. The van der Waals surface area contributed by atoms with E-state index in [0.29, 0.717) is 6.54 Å². The Labute approximate surface area is 97.8 Å². The molecule has 0 aromatic heterocycles. The molecule has 0 spiro atoms. The van der Waals surface area contributed by atoms with E-state index >= 15 is 0 Å². The van der Waals surface area contributed by atoms with Crippen LogP contribution >= 0.6 is 0 Å². The van der Waals surface area contributed by atoms with E-state index in [1.807, 2.05) is 20.8 Å². The SMILES string of the molecule is COc1c(C)c(C)cc(C)c1C(C)(N)CN. The summed E-state index contributed by atoms with van der Waals surface area (Å²) >= 11 is 0. The van der Waals surface area contributed by atoms with E-state index in [1.165, 1.54) is 5.56 Å². The minimum Gasteiger partial charge on any atom is -0.496 e. The third-order valence-corrected chi connectivity index (χ3v) is 3.19. The van der Waals surface area contributed by atoms with Gasteiger partial charge in [0.1, 0.15) is 5.75 Å². The number of methoxy groups -OCH3 is 1. The molecule has 0 saturated heterocycles. The second-order valence-electron chi connectivity index (χ2n) is 4.67. The summed E-state index contributed by atoms with van der Waals surface area (Å²) in [7, 11) is 1.68. The third kappa shape index (κ3) is 2.06. The van der Waals surface area contributed by atoms with E-state index in [9.17, 15) is 0 Å². The van der Waals surface area contributed by atoms with Crippen LogP contribution in [-0.4, -0.2) is 13.7 Å². The van der Waals surface area contributed by atoms with Gasteiger partial charge in [-0.15, -0.1) is 0 Å². The van der Waals surface area contributed by atoms with Crippen molar-refractivity contribution in [2.45, 2.75) is 33.2 Å². The molecular formula is C13H22N2O. The largest absolute Gasteiger partial charge is 0.496 e. The molecule has 0 bridgehead atoms. The van der Waals surface area contributed by atoms with Gasteiger partial charge in [0.15, 0.2) is 0 Å². The van der Waals surface area contributed by atoms with Crippen LogP contribution in [0.3, 0.4) is 0 Å². The fourth-order valence-electron chi connectivity index (χ4n) is 2.12. The van der Waals surface area contributed by atoms with Crippen LogP contribution in [0, 0.1) is 20.8 Å². The van der Waals surface area contributed by atoms with Gasteiger partial charge in [-0.25, -0.2) is 0 Å². The first-order valence-corrected chi connectivity index (χ1v) is 5.49. The van der Waals surface area contributed by atoms with Crippen LogP contribution in [-0.2, 0) is 5.54 Å². The molecule has 0 amide bonds. The Morgan fingerprint density at radius 1 is 1.25 bits per heavy atom. The molecular weight excluding hydrogens is 200 g/mol. The first kappa shape index (κ1) is 13.0. The maximum Gasteiger partial charge on any atom is 0.127 e. The molecule has 0 heterocycles. The molecule has 16 heavy (non-hydrogen) atoms. The predicted octanol–water partition coefficient (Wildman–Crippen LogP) is 1.75. The summed E-state index contributed by atoms with van der Waals surface area (Å²) in [6, 6.07) is 2.13. The number of benzene rings is 1. The van der Waals surface area contributed by atoms with Crippen molar-refractivity contribution in [3.63, 3.8) is 0 Å². The van der Waals surface area contributed by atoms with Crippen molar-refractivity contribution in [1.82, 2.24) is 0 Å². The molecule has 0 radical (unpaired) electrons.